The first-order chi connectivity index (χ1) is 23.5. The molecule has 2 N–H and O–H groups in total. The number of cyclic esters (lactones) is 2. The highest BCUT2D eigenvalue weighted by atomic mass is 35.5. The number of carbonyl (C=O) groups is 5. The molecule has 4 rings (SSSR count). The molecule has 1 fully saturated rings. The number of hydrogen-bond donors (Lipinski definition) is 2. The van der Waals surface area contributed by atoms with Gasteiger partial charge in [0, 0.05) is 23.8 Å². The number of halogens is 1. The maximum absolute atomic E-state index is 13.7. The standard InChI is InChI=1S/C39H48ClNO9/c1-22(2)18-32-37(46)48-31(24(4)35-36(50-35)27-14-12-25(13-15-27)21-34(44)45)8-7-9-33(43)41-29(20-26-11-10-23(3)28(40)19-26)30(42)16-17-39(5,6)38(47)49-32/h7,9-15,19,22,24,29,31-32,35-36H,8,16-18,20-21H2,1-6H3,(H,41,43)(H,44,45)/b9-7+. The van der Waals surface area contributed by atoms with Crippen molar-refractivity contribution in [2.75, 3.05) is 0 Å². The minimum absolute atomic E-state index is 0.0000772. The molecule has 0 spiro atoms. The number of amides is 1. The Morgan fingerprint density at radius 3 is 2.34 bits per heavy atom. The molecule has 0 radical (unpaired) electrons. The number of benzene rings is 2. The van der Waals surface area contributed by atoms with E-state index < -0.39 is 47.5 Å². The Bertz CT molecular complexity index is 1600. The predicted molar refractivity (Wildman–Crippen MR) is 187 cm³/mol. The Balaban J connectivity index is 1.59. The molecule has 0 aromatic heterocycles. The quantitative estimate of drug-likeness (QED) is 0.227. The van der Waals surface area contributed by atoms with E-state index in [-0.39, 0.29) is 68.4 Å². The lowest BCUT2D eigenvalue weighted by Crippen LogP contribution is -2.43. The molecular formula is C39H48ClNO9. The number of nitrogens with one attached hydrogen (secondary N) is 1. The zero-order valence-electron chi connectivity index (χ0n) is 29.6. The maximum atomic E-state index is 13.7. The Morgan fingerprint density at radius 1 is 1.02 bits per heavy atom. The summed E-state index contributed by atoms with van der Waals surface area (Å²) in [5, 5.41) is 12.5. The van der Waals surface area contributed by atoms with Crippen molar-refractivity contribution in [2.24, 2.45) is 17.3 Å². The van der Waals surface area contributed by atoms with Gasteiger partial charge in [-0.2, -0.15) is 0 Å². The summed E-state index contributed by atoms with van der Waals surface area (Å²) < 4.78 is 17.9. The Kier molecular flexibility index (Phi) is 13.0. The molecule has 50 heavy (non-hydrogen) atoms. The van der Waals surface area contributed by atoms with Gasteiger partial charge >= 0.3 is 17.9 Å². The number of esters is 2. The highest BCUT2D eigenvalue weighted by molar-refractivity contribution is 6.31. The van der Waals surface area contributed by atoms with Gasteiger partial charge in [-0.25, -0.2) is 4.79 Å². The Morgan fingerprint density at radius 2 is 1.70 bits per heavy atom. The Hall–Kier alpha value is -4.02. The van der Waals surface area contributed by atoms with Gasteiger partial charge in [0.05, 0.1) is 24.0 Å². The predicted octanol–water partition coefficient (Wildman–Crippen LogP) is 6.28. The second-order valence-electron chi connectivity index (χ2n) is 14.5. The van der Waals surface area contributed by atoms with E-state index in [0.717, 1.165) is 16.7 Å². The molecule has 2 aliphatic rings. The summed E-state index contributed by atoms with van der Waals surface area (Å²) in [4.78, 5) is 65.0. The van der Waals surface area contributed by atoms with Crippen LogP contribution in [0.3, 0.4) is 0 Å². The van der Waals surface area contributed by atoms with Crippen LogP contribution < -0.4 is 5.32 Å². The number of carbonyl (C=O) groups excluding carboxylic acids is 4. The number of rotatable bonds is 9. The third kappa shape index (κ3) is 10.7. The van der Waals surface area contributed by atoms with Crippen molar-refractivity contribution in [3.8, 4) is 0 Å². The van der Waals surface area contributed by atoms with Crippen LogP contribution in [0, 0.1) is 24.2 Å². The zero-order valence-corrected chi connectivity index (χ0v) is 30.3. The van der Waals surface area contributed by atoms with Gasteiger partial charge in [0.15, 0.2) is 11.9 Å². The fourth-order valence-corrected chi connectivity index (χ4v) is 6.20. The van der Waals surface area contributed by atoms with E-state index in [1.807, 2.05) is 52.0 Å². The smallest absolute Gasteiger partial charge is 0.347 e. The third-order valence-electron chi connectivity index (χ3n) is 9.33. The monoisotopic (exact) mass is 709 g/mol. The number of carboxylic acid groups (broad SMARTS) is 1. The first-order valence-electron chi connectivity index (χ1n) is 17.2. The third-order valence-corrected chi connectivity index (χ3v) is 9.73. The van der Waals surface area contributed by atoms with E-state index in [2.05, 4.69) is 5.32 Å². The molecule has 270 valence electrons. The van der Waals surface area contributed by atoms with Gasteiger partial charge in [-0.3, -0.25) is 19.2 Å². The fourth-order valence-electron chi connectivity index (χ4n) is 5.99. The van der Waals surface area contributed by atoms with Gasteiger partial charge in [0.25, 0.3) is 0 Å². The molecule has 2 aromatic rings. The lowest BCUT2D eigenvalue weighted by molar-refractivity contribution is -0.179. The highest BCUT2D eigenvalue weighted by Gasteiger charge is 2.48. The normalized spacial score (nSPS) is 26.0. The fraction of sp³-hybridized carbons (Fsp3) is 0.513. The lowest BCUT2D eigenvalue weighted by atomic mass is 9.85. The first-order valence-corrected chi connectivity index (χ1v) is 17.5. The summed E-state index contributed by atoms with van der Waals surface area (Å²) in [5.74, 6) is -3.27. The summed E-state index contributed by atoms with van der Waals surface area (Å²) in [6.07, 6.45) is 1.10. The average molecular weight is 710 g/mol. The van der Waals surface area contributed by atoms with Crippen LogP contribution in [0.4, 0.5) is 0 Å². The van der Waals surface area contributed by atoms with Crippen molar-refractivity contribution < 1.29 is 43.3 Å². The van der Waals surface area contributed by atoms with Gasteiger partial charge in [0.2, 0.25) is 5.91 Å². The van der Waals surface area contributed by atoms with E-state index >= 15 is 0 Å². The molecule has 0 saturated carbocycles. The number of Topliss-reactive ketones (excluding diaryl/α,β-unsaturated/α-hetero) is 1. The SMILES string of the molecule is Cc1ccc(CC2NC(=O)/C=C/CC(C(C)C3OC3c3ccc(CC(=O)O)cc3)OC(=O)C(CC(C)C)OC(=O)C(C)(C)CCC2=O)cc1Cl. The molecule has 0 bridgehead atoms. The van der Waals surface area contributed by atoms with Crippen LogP contribution in [0.25, 0.3) is 0 Å². The van der Waals surface area contributed by atoms with Gasteiger partial charge in [-0.05, 0) is 80.3 Å². The molecule has 6 atom stereocenters. The molecule has 2 aliphatic heterocycles. The molecule has 2 aromatic carbocycles. The molecule has 1 amide bonds. The lowest BCUT2D eigenvalue weighted by Gasteiger charge is -2.29. The van der Waals surface area contributed by atoms with Crippen molar-refractivity contribution >= 4 is 41.2 Å². The van der Waals surface area contributed by atoms with Crippen molar-refractivity contribution in [2.45, 2.75) is 111 Å². The second-order valence-corrected chi connectivity index (χ2v) is 14.9. The van der Waals surface area contributed by atoms with Crippen molar-refractivity contribution in [3.63, 3.8) is 0 Å². The first kappa shape index (κ1) is 38.8. The largest absolute Gasteiger partial charge is 0.481 e. The molecule has 0 aliphatic carbocycles. The van der Waals surface area contributed by atoms with Crippen LogP contribution in [-0.2, 0) is 51.0 Å². The van der Waals surface area contributed by atoms with Gasteiger partial charge in [-0.15, -0.1) is 0 Å². The zero-order chi connectivity index (χ0) is 36.7. The number of hydrogen-bond acceptors (Lipinski definition) is 8. The average Bonchev–Trinajstić information content (AvgIpc) is 3.84. The van der Waals surface area contributed by atoms with Crippen LogP contribution in [0.2, 0.25) is 5.02 Å². The van der Waals surface area contributed by atoms with Crippen LogP contribution in [0.5, 0.6) is 0 Å². The van der Waals surface area contributed by atoms with Crippen molar-refractivity contribution in [3.05, 3.63) is 81.9 Å². The summed E-state index contributed by atoms with van der Waals surface area (Å²) in [6.45, 7) is 10.9. The summed E-state index contributed by atoms with van der Waals surface area (Å²) in [7, 11) is 0. The minimum Gasteiger partial charge on any atom is -0.481 e. The van der Waals surface area contributed by atoms with Gasteiger partial charge < -0.3 is 24.6 Å². The number of ketones is 1. The highest BCUT2D eigenvalue weighted by Crippen LogP contribution is 2.45. The van der Waals surface area contributed by atoms with E-state index in [4.69, 9.17) is 30.9 Å². The van der Waals surface area contributed by atoms with Crippen molar-refractivity contribution in [1.29, 1.82) is 0 Å². The Labute approximate surface area is 298 Å². The molecular weight excluding hydrogens is 662 g/mol. The van der Waals surface area contributed by atoms with Crippen LogP contribution >= 0.6 is 11.6 Å². The summed E-state index contributed by atoms with van der Waals surface area (Å²) in [6, 6.07) is 11.8. The maximum Gasteiger partial charge on any atom is 0.347 e. The summed E-state index contributed by atoms with van der Waals surface area (Å²) in [5.41, 5.74) is 2.10. The van der Waals surface area contributed by atoms with E-state index in [9.17, 15) is 24.0 Å². The molecule has 11 heteroatoms. The van der Waals surface area contributed by atoms with Crippen molar-refractivity contribution in [1.82, 2.24) is 5.32 Å². The molecule has 10 nitrogen and oxygen atoms in total. The molecule has 2 heterocycles. The topological polar surface area (TPSA) is 149 Å². The van der Waals surface area contributed by atoms with Crippen LogP contribution in [0.15, 0.2) is 54.6 Å². The van der Waals surface area contributed by atoms with Gasteiger partial charge in [-0.1, -0.05) is 74.8 Å². The van der Waals surface area contributed by atoms with E-state index in [1.165, 1.54) is 6.08 Å². The number of aliphatic carboxylic acids is 1. The minimum atomic E-state index is -1.16. The van der Waals surface area contributed by atoms with E-state index in [0.29, 0.717) is 10.6 Å². The molecule has 1 saturated heterocycles. The number of ether oxygens (including phenoxy) is 3. The van der Waals surface area contributed by atoms with E-state index in [1.54, 1.807) is 38.1 Å². The summed E-state index contributed by atoms with van der Waals surface area (Å²) >= 11 is 6.34. The number of carboxylic acids is 1. The molecule has 6 unspecified atom stereocenters. The second kappa shape index (κ2) is 16.8. The number of aryl methyl sites for hydroxylation is 1. The number of epoxide rings is 1. The van der Waals surface area contributed by atoms with Gasteiger partial charge in [0.1, 0.15) is 12.2 Å². The van der Waals surface area contributed by atoms with Crippen LogP contribution in [0.1, 0.15) is 88.7 Å². The van der Waals surface area contributed by atoms with Crippen LogP contribution in [-0.4, -0.2) is 59.1 Å².